The van der Waals surface area contributed by atoms with Crippen molar-refractivity contribution in [3.63, 3.8) is 0 Å². The fourth-order valence-corrected chi connectivity index (χ4v) is 2.31. The summed E-state index contributed by atoms with van der Waals surface area (Å²) in [6.07, 6.45) is 0. The van der Waals surface area contributed by atoms with Gasteiger partial charge in [-0.3, -0.25) is 9.59 Å². The fourth-order valence-electron chi connectivity index (χ4n) is 1.46. The number of hydrogen-bond donors (Lipinski definition) is 2. The summed E-state index contributed by atoms with van der Waals surface area (Å²) in [4.78, 5) is 22.7. The first-order valence-corrected chi connectivity index (χ1v) is 7.61. The fraction of sp³-hybridized carbons (Fsp3) is 0.250. The molecule has 0 atom stereocenters. The average Bonchev–Trinajstić information content (AvgIpc) is 2.99. The zero-order chi connectivity index (χ0) is 15.9. The van der Waals surface area contributed by atoms with E-state index in [-0.39, 0.29) is 24.1 Å². The first kappa shape index (κ1) is 16.2. The van der Waals surface area contributed by atoms with Crippen molar-refractivity contribution in [3.05, 3.63) is 29.3 Å². The predicted octanol–water partition coefficient (Wildman–Crippen LogP) is 0.270. The molecule has 2 amide bonds. The largest absolute Gasteiger partial charge is 0.358 e. The lowest BCUT2D eigenvalue weighted by atomic mass is 10.3. The molecule has 1 aromatic heterocycles. The SMILES string of the molecule is CNC(=O)CNC(=O)CSc1nnnn1-c1ccc(Cl)cc1. The van der Waals surface area contributed by atoms with Gasteiger partial charge >= 0.3 is 0 Å². The Labute approximate surface area is 135 Å². The van der Waals surface area contributed by atoms with E-state index < -0.39 is 0 Å². The van der Waals surface area contributed by atoms with Gasteiger partial charge in [0.05, 0.1) is 18.0 Å². The lowest BCUT2D eigenvalue weighted by Gasteiger charge is -2.05. The molecule has 1 aromatic carbocycles. The van der Waals surface area contributed by atoms with Crippen LogP contribution in [0.4, 0.5) is 0 Å². The summed E-state index contributed by atoms with van der Waals surface area (Å²) >= 11 is 7.01. The van der Waals surface area contributed by atoms with Crippen LogP contribution < -0.4 is 10.6 Å². The molecule has 1 heterocycles. The molecular weight excluding hydrogens is 328 g/mol. The third-order valence-electron chi connectivity index (χ3n) is 2.57. The summed E-state index contributed by atoms with van der Waals surface area (Å²) < 4.78 is 1.51. The normalized spacial score (nSPS) is 10.3. The lowest BCUT2D eigenvalue weighted by molar-refractivity contribution is -0.124. The van der Waals surface area contributed by atoms with Crippen LogP contribution in [-0.2, 0) is 9.59 Å². The second kappa shape index (κ2) is 7.76. The second-order valence-corrected chi connectivity index (χ2v) is 5.47. The number of hydrogen-bond acceptors (Lipinski definition) is 6. The number of aromatic nitrogens is 4. The summed E-state index contributed by atoms with van der Waals surface area (Å²) in [5.41, 5.74) is 0.739. The summed E-state index contributed by atoms with van der Waals surface area (Å²) in [7, 11) is 1.50. The van der Waals surface area contributed by atoms with E-state index in [1.807, 2.05) is 0 Å². The number of carbonyl (C=O) groups is 2. The standard InChI is InChI=1S/C12H13ClN6O2S/c1-14-10(20)6-15-11(21)7-22-12-16-17-18-19(12)9-4-2-8(13)3-5-9/h2-5H,6-7H2,1H3,(H,14,20)(H,15,21). The van der Waals surface area contributed by atoms with Crippen molar-refractivity contribution in [1.29, 1.82) is 0 Å². The minimum absolute atomic E-state index is 0.0575. The van der Waals surface area contributed by atoms with Gasteiger partial charge in [0.1, 0.15) is 0 Å². The van der Waals surface area contributed by atoms with Crippen molar-refractivity contribution in [2.45, 2.75) is 5.16 Å². The molecule has 0 unspecified atom stereocenters. The van der Waals surface area contributed by atoms with Crippen molar-refractivity contribution in [3.8, 4) is 5.69 Å². The molecule has 22 heavy (non-hydrogen) atoms. The van der Waals surface area contributed by atoms with Crippen LogP contribution in [0, 0.1) is 0 Å². The molecule has 0 radical (unpaired) electrons. The van der Waals surface area contributed by atoms with Gasteiger partial charge < -0.3 is 10.6 Å². The van der Waals surface area contributed by atoms with Gasteiger partial charge in [-0.05, 0) is 34.7 Å². The monoisotopic (exact) mass is 340 g/mol. The van der Waals surface area contributed by atoms with Crippen molar-refractivity contribution in [1.82, 2.24) is 30.8 Å². The highest BCUT2D eigenvalue weighted by atomic mass is 35.5. The molecule has 0 spiro atoms. The number of thioether (sulfide) groups is 1. The highest BCUT2D eigenvalue weighted by Crippen LogP contribution is 2.19. The molecule has 2 aromatic rings. The van der Waals surface area contributed by atoms with E-state index in [2.05, 4.69) is 26.2 Å². The second-order valence-electron chi connectivity index (χ2n) is 4.09. The molecule has 0 aliphatic rings. The van der Waals surface area contributed by atoms with E-state index in [0.29, 0.717) is 10.2 Å². The number of rotatable bonds is 6. The molecule has 0 fully saturated rings. The van der Waals surface area contributed by atoms with Gasteiger partial charge in [-0.2, -0.15) is 4.68 Å². The molecular formula is C12H13ClN6O2S. The molecule has 0 bridgehead atoms. The van der Waals surface area contributed by atoms with E-state index in [1.165, 1.54) is 23.5 Å². The number of halogens is 1. The van der Waals surface area contributed by atoms with Crippen molar-refractivity contribution < 1.29 is 9.59 Å². The van der Waals surface area contributed by atoms with Gasteiger partial charge in [0.25, 0.3) is 0 Å². The highest BCUT2D eigenvalue weighted by molar-refractivity contribution is 7.99. The Morgan fingerprint density at radius 3 is 2.68 bits per heavy atom. The number of benzene rings is 1. The Morgan fingerprint density at radius 2 is 2.00 bits per heavy atom. The zero-order valence-electron chi connectivity index (χ0n) is 11.6. The van der Waals surface area contributed by atoms with Crippen LogP contribution in [0.25, 0.3) is 5.69 Å². The highest BCUT2D eigenvalue weighted by Gasteiger charge is 2.12. The van der Waals surface area contributed by atoms with E-state index >= 15 is 0 Å². The third kappa shape index (κ3) is 4.43. The first-order chi connectivity index (χ1) is 10.6. The molecule has 116 valence electrons. The van der Waals surface area contributed by atoms with Crippen LogP contribution >= 0.6 is 23.4 Å². The van der Waals surface area contributed by atoms with E-state index in [1.54, 1.807) is 24.3 Å². The minimum atomic E-state index is -0.278. The van der Waals surface area contributed by atoms with Crippen LogP contribution in [-0.4, -0.2) is 51.4 Å². The molecule has 8 nitrogen and oxygen atoms in total. The van der Waals surface area contributed by atoms with Crippen molar-refractivity contribution >= 4 is 35.2 Å². The maximum atomic E-state index is 11.6. The van der Waals surface area contributed by atoms with Gasteiger partial charge in [-0.25, -0.2) is 0 Å². The number of nitrogens with one attached hydrogen (secondary N) is 2. The van der Waals surface area contributed by atoms with E-state index in [4.69, 9.17) is 11.6 Å². The smallest absolute Gasteiger partial charge is 0.239 e. The zero-order valence-corrected chi connectivity index (χ0v) is 13.2. The van der Waals surface area contributed by atoms with Gasteiger partial charge in [-0.1, -0.05) is 23.4 Å². The number of nitrogens with zero attached hydrogens (tertiary/aromatic N) is 4. The minimum Gasteiger partial charge on any atom is -0.358 e. The molecule has 2 N–H and O–H groups in total. The van der Waals surface area contributed by atoms with Crippen LogP contribution in [0.15, 0.2) is 29.4 Å². The van der Waals surface area contributed by atoms with Crippen LogP contribution in [0.3, 0.4) is 0 Å². The van der Waals surface area contributed by atoms with Crippen LogP contribution in [0.2, 0.25) is 5.02 Å². The number of tetrazole rings is 1. The summed E-state index contributed by atoms with van der Waals surface area (Å²) in [6.45, 7) is -0.0575. The Balaban J connectivity index is 1.94. The van der Waals surface area contributed by atoms with Crippen molar-refractivity contribution in [2.24, 2.45) is 0 Å². The van der Waals surface area contributed by atoms with Gasteiger partial charge in [-0.15, -0.1) is 5.10 Å². The quantitative estimate of drug-likeness (QED) is 0.732. The van der Waals surface area contributed by atoms with Gasteiger partial charge in [0, 0.05) is 12.1 Å². The van der Waals surface area contributed by atoms with Crippen LogP contribution in [0.5, 0.6) is 0 Å². The number of likely N-dealkylation sites (N-methyl/N-ethyl adjacent to an activating group) is 1. The molecule has 10 heteroatoms. The topological polar surface area (TPSA) is 102 Å². The van der Waals surface area contributed by atoms with Gasteiger partial charge in [0.15, 0.2) is 0 Å². The number of amides is 2. The van der Waals surface area contributed by atoms with E-state index in [0.717, 1.165) is 5.69 Å². The molecule has 0 saturated heterocycles. The molecule has 0 saturated carbocycles. The summed E-state index contributed by atoms with van der Waals surface area (Å²) in [5, 5.41) is 17.3. The Kier molecular flexibility index (Phi) is 5.73. The predicted molar refractivity (Wildman–Crippen MR) is 82.0 cm³/mol. The van der Waals surface area contributed by atoms with E-state index in [9.17, 15) is 9.59 Å². The van der Waals surface area contributed by atoms with Crippen LogP contribution in [0.1, 0.15) is 0 Å². The molecule has 0 aliphatic heterocycles. The Hall–Kier alpha value is -2.13. The number of carbonyl (C=O) groups excluding carboxylic acids is 2. The van der Waals surface area contributed by atoms with Crippen molar-refractivity contribution in [2.75, 3.05) is 19.3 Å². The lowest BCUT2D eigenvalue weighted by Crippen LogP contribution is -2.36. The Bertz CT molecular complexity index is 660. The summed E-state index contributed by atoms with van der Waals surface area (Å²) in [5.74, 6) is -0.436. The first-order valence-electron chi connectivity index (χ1n) is 6.24. The maximum Gasteiger partial charge on any atom is 0.239 e. The maximum absolute atomic E-state index is 11.6. The van der Waals surface area contributed by atoms with Gasteiger partial charge in [0.2, 0.25) is 17.0 Å². The molecule has 2 rings (SSSR count). The molecule has 0 aliphatic carbocycles. The third-order valence-corrected chi connectivity index (χ3v) is 3.74. The summed E-state index contributed by atoms with van der Waals surface area (Å²) in [6, 6.07) is 7.00. The average molecular weight is 341 g/mol. The Morgan fingerprint density at radius 1 is 1.27 bits per heavy atom.